The Balaban J connectivity index is 1.82. The molecule has 1 N–H and O–H groups in total. The number of aliphatic hydroxyl groups is 1. The van der Waals surface area contributed by atoms with Crippen molar-refractivity contribution in [2.75, 3.05) is 13.1 Å². The summed E-state index contributed by atoms with van der Waals surface area (Å²) in [4.78, 5) is 23.2. The molecule has 2 aromatic rings. The molecule has 3 rings (SSSR count). The third kappa shape index (κ3) is 3.24. The number of rotatable bonds is 2. The third-order valence-corrected chi connectivity index (χ3v) is 4.45. The fourth-order valence-corrected chi connectivity index (χ4v) is 2.81. The predicted molar refractivity (Wildman–Crippen MR) is 87.9 cm³/mol. The van der Waals surface area contributed by atoms with Crippen LogP contribution >= 0.6 is 0 Å². The molecule has 1 saturated heterocycles. The minimum absolute atomic E-state index is 0.104. The van der Waals surface area contributed by atoms with Crippen LogP contribution in [0, 0.1) is 12.8 Å². The number of hydrogen-bond donors (Lipinski definition) is 1. The van der Waals surface area contributed by atoms with Crippen LogP contribution in [0.25, 0.3) is 11.4 Å². The molecule has 2 heterocycles. The molecule has 23 heavy (non-hydrogen) atoms. The second kappa shape index (κ2) is 6.46. The Morgan fingerprint density at radius 3 is 2.70 bits per heavy atom. The minimum Gasteiger partial charge on any atom is -0.391 e. The van der Waals surface area contributed by atoms with Crippen LogP contribution in [0.2, 0.25) is 0 Å². The molecule has 1 aromatic carbocycles. The van der Waals surface area contributed by atoms with Gasteiger partial charge in [-0.25, -0.2) is 9.97 Å². The number of aromatic nitrogens is 2. The van der Waals surface area contributed by atoms with Gasteiger partial charge in [-0.3, -0.25) is 4.79 Å². The summed E-state index contributed by atoms with van der Waals surface area (Å²) < 4.78 is 0. The van der Waals surface area contributed by atoms with Crippen molar-refractivity contribution in [2.24, 2.45) is 5.92 Å². The van der Waals surface area contributed by atoms with Crippen LogP contribution in [0.1, 0.15) is 29.4 Å². The van der Waals surface area contributed by atoms with E-state index < -0.39 is 6.10 Å². The molecule has 2 unspecified atom stereocenters. The van der Waals surface area contributed by atoms with Crippen molar-refractivity contribution in [1.82, 2.24) is 14.9 Å². The maximum atomic E-state index is 12.7. The van der Waals surface area contributed by atoms with Gasteiger partial charge in [0.25, 0.3) is 5.91 Å². The van der Waals surface area contributed by atoms with Crippen LogP contribution in [-0.4, -0.2) is 45.1 Å². The first kappa shape index (κ1) is 15.6. The van der Waals surface area contributed by atoms with E-state index in [1.165, 1.54) is 0 Å². The van der Waals surface area contributed by atoms with E-state index in [0.29, 0.717) is 30.2 Å². The number of likely N-dealkylation sites (tertiary alicyclic amines) is 1. The average Bonchev–Trinajstić information content (AvgIpc) is 2.57. The standard InChI is InChI=1S/C18H21N3O2/c1-12-8-9-21(11-16(12)22)18(23)15-10-19-17(20-13(15)2)14-6-4-3-5-7-14/h3-7,10,12,16,22H,8-9,11H2,1-2H3. The zero-order valence-electron chi connectivity index (χ0n) is 13.4. The summed E-state index contributed by atoms with van der Waals surface area (Å²) in [5.74, 6) is 0.747. The lowest BCUT2D eigenvalue weighted by atomic mass is 9.95. The zero-order chi connectivity index (χ0) is 16.4. The molecule has 0 bridgehead atoms. The van der Waals surface area contributed by atoms with E-state index in [2.05, 4.69) is 9.97 Å². The van der Waals surface area contributed by atoms with Crippen LogP contribution in [0.5, 0.6) is 0 Å². The van der Waals surface area contributed by atoms with E-state index in [1.54, 1.807) is 11.1 Å². The molecule has 1 amide bonds. The Morgan fingerprint density at radius 1 is 1.30 bits per heavy atom. The monoisotopic (exact) mass is 311 g/mol. The molecule has 1 aliphatic rings. The zero-order valence-corrected chi connectivity index (χ0v) is 13.4. The number of amides is 1. The van der Waals surface area contributed by atoms with Gasteiger partial charge in [0.2, 0.25) is 0 Å². The molecular formula is C18H21N3O2. The van der Waals surface area contributed by atoms with Crippen molar-refractivity contribution >= 4 is 5.91 Å². The van der Waals surface area contributed by atoms with Crippen molar-refractivity contribution in [3.05, 3.63) is 47.8 Å². The van der Waals surface area contributed by atoms with Crippen LogP contribution < -0.4 is 0 Å². The highest BCUT2D eigenvalue weighted by molar-refractivity contribution is 5.95. The molecule has 0 aliphatic carbocycles. The Morgan fingerprint density at radius 2 is 2.04 bits per heavy atom. The van der Waals surface area contributed by atoms with Gasteiger partial charge in [-0.15, -0.1) is 0 Å². The summed E-state index contributed by atoms with van der Waals surface area (Å²) in [7, 11) is 0. The second-order valence-corrected chi connectivity index (χ2v) is 6.14. The lowest BCUT2D eigenvalue weighted by molar-refractivity contribution is 0.0247. The third-order valence-electron chi connectivity index (χ3n) is 4.45. The minimum atomic E-state index is -0.461. The summed E-state index contributed by atoms with van der Waals surface area (Å²) >= 11 is 0. The first-order valence-corrected chi connectivity index (χ1v) is 7.92. The van der Waals surface area contributed by atoms with Gasteiger partial charge in [0.05, 0.1) is 17.4 Å². The number of carbonyl (C=O) groups is 1. The number of benzene rings is 1. The Bertz CT molecular complexity index is 703. The number of nitrogens with zero attached hydrogens (tertiary/aromatic N) is 3. The molecule has 1 fully saturated rings. The van der Waals surface area contributed by atoms with Gasteiger partial charge >= 0.3 is 0 Å². The number of aryl methyl sites for hydroxylation is 1. The van der Waals surface area contributed by atoms with E-state index in [-0.39, 0.29) is 11.8 Å². The molecule has 5 heteroatoms. The second-order valence-electron chi connectivity index (χ2n) is 6.14. The normalized spacial score (nSPS) is 21.3. The largest absolute Gasteiger partial charge is 0.391 e. The molecular weight excluding hydrogens is 290 g/mol. The fourth-order valence-electron chi connectivity index (χ4n) is 2.81. The summed E-state index contributed by atoms with van der Waals surface area (Å²) in [6.45, 7) is 4.87. The van der Waals surface area contributed by atoms with Crippen LogP contribution in [-0.2, 0) is 0 Å². The van der Waals surface area contributed by atoms with Crippen LogP contribution in [0.15, 0.2) is 36.5 Å². The van der Waals surface area contributed by atoms with Crippen LogP contribution in [0.4, 0.5) is 0 Å². The Labute approximate surface area is 136 Å². The summed E-state index contributed by atoms with van der Waals surface area (Å²) in [5, 5.41) is 9.98. The molecule has 0 spiro atoms. The van der Waals surface area contributed by atoms with Crippen molar-refractivity contribution in [3.63, 3.8) is 0 Å². The van der Waals surface area contributed by atoms with Gasteiger partial charge in [0.15, 0.2) is 5.82 Å². The quantitative estimate of drug-likeness (QED) is 0.924. The molecule has 0 radical (unpaired) electrons. The first-order valence-electron chi connectivity index (χ1n) is 7.92. The average molecular weight is 311 g/mol. The first-order chi connectivity index (χ1) is 11.1. The number of piperidine rings is 1. The Kier molecular flexibility index (Phi) is 4.39. The summed E-state index contributed by atoms with van der Waals surface area (Å²) in [5.41, 5.74) is 2.10. The van der Waals surface area contributed by atoms with Crippen molar-refractivity contribution in [3.8, 4) is 11.4 Å². The lowest BCUT2D eigenvalue weighted by Gasteiger charge is -2.34. The summed E-state index contributed by atoms with van der Waals surface area (Å²) in [6, 6.07) is 9.70. The predicted octanol–water partition coefficient (Wildman–Crippen LogP) is 2.29. The van der Waals surface area contributed by atoms with E-state index in [0.717, 1.165) is 12.0 Å². The van der Waals surface area contributed by atoms with Gasteiger partial charge in [0, 0.05) is 24.8 Å². The van der Waals surface area contributed by atoms with Gasteiger partial charge in [0.1, 0.15) is 0 Å². The molecule has 2 atom stereocenters. The van der Waals surface area contributed by atoms with Crippen molar-refractivity contribution in [1.29, 1.82) is 0 Å². The molecule has 1 aromatic heterocycles. The number of β-amino-alcohol motifs (C(OH)–C–C–N with tert-alkyl or cyclic N) is 1. The molecule has 0 saturated carbocycles. The lowest BCUT2D eigenvalue weighted by Crippen LogP contribution is -2.46. The maximum absolute atomic E-state index is 12.7. The van der Waals surface area contributed by atoms with Crippen molar-refractivity contribution in [2.45, 2.75) is 26.4 Å². The molecule has 1 aliphatic heterocycles. The van der Waals surface area contributed by atoms with E-state index in [1.807, 2.05) is 44.2 Å². The van der Waals surface area contributed by atoms with Gasteiger partial charge in [-0.1, -0.05) is 37.3 Å². The highest BCUT2D eigenvalue weighted by Crippen LogP contribution is 2.21. The SMILES string of the molecule is Cc1nc(-c2ccccc2)ncc1C(=O)N1CCC(C)C(O)C1. The number of carbonyl (C=O) groups excluding carboxylic acids is 1. The molecule has 120 valence electrons. The molecule has 5 nitrogen and oxygen atoms in total. The highest BCUT2D eigenvalue weighted by Gasteiger charge is 2.28. The van der Waals surface area contributed by atoms with Crippen LogP contribution in [0.3, 0.4) is 0 Å². The van der Waals surface area contributed by atoms with Crippen molar-refractivity contribution < 1.29 is 9.90 Å². The fraction of sp³-hybridized carbons (Fsp3) is 0.389. The van der Waals surface area contributed by atoms with E-state index in [9.17, 15) is 9.90 Å². The van der Waals surface area contributed by atoms with Gasteiger partial charge in [-0.2, -0.15) is 0 Å². The summed E-state index contributed by atoms with van der Waals surface area (Å²) in [6.07, 6.45) is 1.95. The number of aliphatic hydroxyl groups excluding tert-OH is 1. The topological polar surface area (TPSA) is 66.3 Å². The van der Waals surface area contributed by atoms with Gasteiger partial charge in [-0.05, 0) is 19.3 Å². The smallest absolute Gasteiger partial charge is 0.257 e. The van der Waals surface area contributed by atoms with E-state index in [4.69, 9.17) is 0 Å². The van der Waals surface area contributed by atoms with Gasteiger partial charge < -0.3 is 10.0 Å². The maximum Gasteiger partial charge on any atom is 0.257 e. The number of hydrogen-bond acceptors (Lipinski definition) is 4. The Hall–Kier alpha value is -2.27. The highest BCUT2D eigenvalue weighted by atomic mass is 16.3. The van der Waals surface area contributed by atoms with E-state index >= 15 is 0 Å².